The number of rotatable bonds is 5. The van der Waals surface area contributed by atoms with Crippen molar-refractivity contribution in [1.29, 1.82) is 0 Å². The molecule has 2 aromatic carbocycles. The third kappa shape index (κ3) is 3.64. The fourth-order valence-corrected chi connectivity index (χ4v) is 3.65. The standard InChI is InChI=1S/C20H17N3OS.ClH/c1-2-24-16-10-8-15(9-11-16)23-19-18-17(14-6-4-3-5-7-14)12-25-20(18)22-13-21-19;/h3-13H,2H2,1H3,(H,21,22,23);1H. The van der Waals surface area contributed by atoms with Crippen LogP contribution in [0.1, 0.15) is 6.92 Å². The van der Waals surface area contributed by atoms with Crippen LogP contribution in [0.4, 0.5) is 11.5 Å². The van der Waals surface area contributed by atoms with E-state index in [1.165, 1.54) is 5.56 Å². The molecule has 4 nitrogen and oxygen atoms in total. The zero-order valence-electron chi connectivity index (χ0n) is 14.2. The molecule has 132 valence electrons. The van der Waals surface area contributed by atoms with Gasteiger partial charge in [0.05, 0.1) is 12.0 Å². The molecule has 0 aliphatic heterocycles. The van der Waals surface area contributed by atoms with Crippen LogP contribution in [0.3, 0.4) is 0 Å². The highest BCUT2D eigenvalue weighted by atomic mass is 35.5. The number of fused-ring (bicyclic) bond motifs is 1. The Morgan fingerprint density at radius 3 is 2.50 bits per heavy atom. The van der Waals surface area contributed by atoms with Gasteiger partial charge in [-0.2, -0.15) is 0 Å². The van der Waals surface area contributed by atoms with Crippen molar-refractivity contribution in [2.24, 2.45) is 0 Å². The molecular formula is C20H18ClN3OS. The van der Waals surface area contributed by atoms with Gasteiger partial charge >= 0.3 is 0 Å². The van der Waals surface area contributed by atoms with E-state index in [0.717, 1.165) is 33.0 Å². The normalized spacial score (nSPS) is 10.3. The molecule has 6 heteroatoms. The van der Waals surface area contributed by atoms with Crippen LogP contribution in [-0.4, -0.2) is 16.6 Å². The second-order valence-corrected chi connectivity index (χ2v) is 6.36. The minimum Gasteiger partial charge on any atom is -0.494 e. The second-order valence-electron chi connectivity index (χ2n) is 5.50. The first-order valence-electron chi connectivity index (χ1n) is 8.12. The van der Waals surface area contributed by atoms with Crippen LogP contribution in [0.5, 0.6) is 5.75 Å². The van der Waals surface area contributed by atoms with Crippen molar-refractivity contribution in [1.82, 2.24) is 9.97 Å². The minimum absolute atomic E-state index is 0. The van der Waals surface area contributed by atoms with Gasteiger partial charge in [0, 0.05) is 16.6 Å². The maximum absolute atomic E-state index is 5.49. The van der Waals surface area contributed by atoms with E-state index >= 15 is 0 Å². The van der Waals surface area contributed by atoms with Crippen LogP contribution in [0.15, 0.2) is 66.3 Å². The quantitative estimate of drug-likeness (QED) is 0.464. The second kappa shape index (κ2) is 8.17. The molecule has 0 bridgehead atoms. The van der Waals surface area contributed by atoms with E-state index in [1.54, 1.807) is 17.7 Å². The van der Waals surface area contributed by atoms with E-state index in [1.807, 2.05) is 49.4 Å². The van der Waals surface area contributed by atoms with Gasteiger partial charge in [0.15, 0.2) is 0 Å². The summed E-state index contributed by atoms with van der Waals surface area (Å²) in [5.41, 5.74) is 3.28. The molecule has 26 heavy (non-hydrogen) atoms. The topological polar surface area (TPSA) is 47.0 Å². The summed E-state index contributed by atoms with van der Waals surface area (Å²) in [6, 6.07) is 18.2. The molecule has 0 atom stereocenters. The smallest absolute Gasteiger partial charge is 0.143 e. The van der Waals surface area contributed by atoms with Crippen molar-refractivity contribution in [2.45, 2.75) is 6.92 Å². The largest absolute Gasteiger partial charge is 0.494 e. The first-order valence-corrected chi connectivity index (χ1v) is 9.00. The molecule has 1 N–H and O–H groups in total. The molecule has 0 aliphatic carbocycles. The molecule has 4 rings (SSSR count). The Labute approximate surface area is 162 Å². The minimum atomic E-state index is 0. The highest BCUT2D eigenvalue weighted by Crippen LogP contribution is 2.37. The number of hydrogen-bond acceptors (Lipinski definition) is 5. The number of thiophene rings is 1. The number of anilines is 2. The van der Waals surface area contributed by atoms with Gasteiger partial charge in [-0.05, 0) is 36.8 Å². The number of nitrogens with zero attached hydrogens (tertiary/aromatic N) is 2. The van der Waals surface area contributed by atoms with Crippen LogP contribution < -0.4 is 10.1 Å². The van der Waals surface area contributed by atoms with E-state index in [4.69, 9.17) is 4.74 Å². The number of halogens is 1. The summed E-state index contributed by atoms with van der Waals surface area (Å²) in [5, 5.41) is 6.60. The first-order chi connectivity index (χ1) is 12.3. The van der Waals surface area contributed by atoms with Crippen LogP contribution >= 0.6 is 23.7 Å². The first kappa shape index (κ1) is 18.2. The molecule has 4 aromatic rings. The van der Waals surface area contributed by atoms with Crippen molar-refractivity contribution in [3.63, 3.8) is 0 Å². The Balaban J connectivity index is 0.00000196. The molecule has 0 radical (unpaired) electrons. The van der Waals surface area contributed by atoms with Crippen molar-refractivity contribution >= 4 is 45.5 Å². The van der Waals surface area contributed by atoms with Gasteiger partial charge in [0.1, 0.15) is 22.7 Å². The van der Waals surface area contributed by atoms with Crippen LogP contribution in [0, 0.1) is 0 Å². The lowest BCUT2D eigenvalue weighted by atomic mass is 10.1. The lowest BCUT2D eigenvalue weighted by Gasteiger charge is -2.09. The van der Waals surface area contributed by atoms with Crippen LogP contribution in [0.2, 0.25) is 0 Å². The summed E-state index contributed by atoms with van der Waals surface area (Å²) >= 11 is 1.63. The molecular weight excluding hydrogens is 366 g/mol. The summed E-state index contributed by atoms with van der Waals surface area (Å²) in [4.78, 5) is 9.86. The van der Waals surface area contributed by atoms with E-state index in [-0.39, 0.29) is 12.4 Å². The van der Waals surface area contributed by atoms with Crippen molar-refractivity contribution in [3.05, 3.63) is 66.3 Å². The molecule has 0 amide bonds. The predicted octanol–water partition coefficient (Wildman–Crippen LogP) is 5.92. The molecule has 0 unspecified atom stereocenters. The Hall–Kier alpha value is -2.63. The monoisotopic (exact) mass is 383 g/mol. The molecule has 0 fully saturated rings. The Morgan fingerprint density at radius 2 is 1.77 bits per heavy atom. The molecule has 2 aromatic heterocycles. The fourth-order valence-electron chi connectivity index (χ4n) is 2.74. The highest BCUT2D eigenvalue weighted by Gasteiger charge is 2.13. The highest BCUT2D eigenvalue weighted by molar-refractivity contribution is 7.17. The number of nitrogens with one attached hydrogen (secondary N) is 1. The Kier molecular flexibility index (Phi) is 5.71. The fraction of sp³-hybridized carbons (Fsp3) is 0.100. The third-order valence-electron chi connectivity index (χ3n) is 3.88. The summed E-state index contributed by atoms with van der Waals surface area (Å²) in [6.45, 7) is 2.64. The number of aromatic nitrogens is 2. The van der Waals surface area contributed by atoms with E-state index in [9.17, 15) is 0 Å². The van der Waals surface area contributed by atoms with Gasteiger partial charge in [-0.15, -0.1) is 23.7 Å². The average molecular weight is 384 g/mol. The lowest BCUT2D eigenvalue weighted by molar-refractivity contribution is 0.340. The van der Waals surface area contributed by atoms with Gasteiger partial charge in [0.25, 0.3) is 0 Å². The zero-order chi connectivity index (χ0) is 17.1. The predicted molar refractivity (Wildman–Crippen MR) is 111 cm³/mol. The van der Waals surface area contributed by atoms with Gasteiger partial charge in [-0.3, -0.25) is 0 Å². The SMILES string of the molecule is CCOc1ccc(Nc2ncnc3scc(-c4ccccc4)c23)cc1.Cl. The molecule has 0 saturated heterocycles. The van der Waals surface area contributed by atoms with Gasteiger partial charge in [-0.1, -0.05) is 30.3 Å². The molecule has 0 saturated carbocycles. The molecule has 2 heterocycles. The van der Waals surface area contributed by atoms with Crippen LogP contribution in [0.25, 0.3) is 21.3 Å². The van der Waals surface area contributed by atoms with Gasteiger partial charge in [0.2, 0.25) is 0 Å². The lowest BCUT2D eigenvalue weighted by Crippen LogP contribution is -1.96. The van der Waals surface area contributed by atoms with Gasteiger partial charge in [-0.25, -0.2) is 9.97 Å². The number of ether oxygens (including phenoxy) is 1. The maximum atomic E-state index is 5.49. The van der Waals surface area contributed by atoms with Gasteiger partial charge < -0.3 is 10.1 Å². The summed E-state index contributed by atoms with van der Waals surface area (Å²) in [6.07, 6.45) is 1.60. The zero-order valence-corrected chi connectivity index (χ0v) is 15.8. The van der Waals surface area contributed by atoms with Crippen molar-refractivity contribution in [2.75, 3.05) is 11.9 Å². The number of hydrogen-bond donors (Lipinski definition) is 1. The van der Waals surface area contributed by atoms with Crippen molar-refractivity contribution < 1.29 is 4.74 Å². The Morgan fingerprint density at radius 1 is 1.00 bits per heavy atom. The summed E-state index contributed by atoms with van der Waals surface area (Å²) < 4.78 is 5.49. The number of benzene rings is 2. The van der Waals surface area contributed by atoms with Crippen LogP contribution in [-0.2, 0) is 0 Å². The average Bonchev–Trinajstić information content (AvgIpc) is 3.10. The molecule has 0 spiro atoms. The van der Waals surface area contributed by atoms with E-state index < -0.39 is 0 Å². The summed E-state index contributed by atoms with van der Waals surface area (Å²) in [5.74, 6) is 1.68. The Bertz CT molecular complexity index is 987. The third-order valence-corrected chi connectivity index (χ3v) is 4.77. The van der Waals surface area contributed by atoms with Crippen molar-refractivity contribution in [3.8, 4) is 16.9 Å². The van der Waals surface area contributed by atoms with E-state index in [2.05, 4.69) is 32.8 Å². The summed E-state index contributed by atoms with van der Waals surface area (Å²) in [7, 11) is 0. The van der Waals surface area contributed by atoms with E-state index in [0.29, 0.717) is 6.61 Å². The maximum Gasteiger partial charge on any atom is 0.143 e. The molecule has 0 aliphatic rings.